The first-order valence-electron chi connectivity index (χ1n) is 7.48. The van der Waals surface area contributed by atoms with Gasteiger partial charge in [-0.15, -0.1) is 0 Å². The molecule has 1 fully saturated rings. The van der Waals surface area contributed by atoms with Crippen LogP contribution in [0.2, 0.25) is 0 Å². The second kappa shape index (κ2) is 5.94. The molecule has 0 amide bonds. The minimum absolute atomic E-state index is 0.173. The van der Waals surface area contributed by atoms with Gasteiger partial charge in [-0.2, -0.15) is 0 Å². The van der Waals surface area contributed by atoms with Crippen molar-refractivity contribution >= 4 is 5.97 Å². The van der Waals surface area contributed by atoms with Crippen LogP contribution in [-0.4, -0.2) is 53.6 Å². The highest BCUT2D eigenvalue weighted by Crippen LogP contribution is 2.23. The standard InChI is InChI=1S/C16H22N2O2/c19-16(20)12-18-8-6-17(7-9-18)11-13-4-5-14-2-1-3-15(14)10-13/h4-5,10H,1-3,6-9,11-12H2,(H,19,20). The van der Waals surface area contributed by atoms with E-state index in [4.69, 9.17) is 5.11 Å². The lowest BCUT2D eigenvalue weighted by molar-refractivity contribution is -0.138. The monoisotopic (exact) mass is 274 g/mol. The molecule has 4 heteroatoms. The van der Waals surface area contributed by atoms with Crippen molar-refractivity contribution in [2.75, 3.05) is 32.7 Å². The van der Waals surface area contributed by atoms with E-state index in [1.54, 1.807) is 0 Å². The molecular weight excluding hydrogens is 252 g/mol. The van der Waals surface area contributed by atoms with Crippen LogP contribution in [0.25, 0.3) is 0 Å². The number of carboxylic acids is 1. The Morgan fingerprint density at radius 2 is 1.75 bits per heavy atom. The molecule has 1 aliphatic heterocycles. The average molecular weight is 274 g/mol. The van der Waals surface area contributed by atoms with Gasteiger partial charge in [0.05, 0.1) is 6.54 Å². The highest BCUT2D eigenvalue weighted by Gasteiger charge is 2.19. The van der Waals surface area contributed by atoms with Gasteiger partial charge in [-0.1, -0.05) is 18.2 Å². The summed E-state index contributed by atoms with van der Waals surface area (Å²) in [6, 6.07) is 6.91. The van der Waals surface area contributed by atoms with Crippen molar-refractivity contribution < 1.29 is 9.90 Å². The summed E-state index contributed by atoms with van der Waals surface area (Å²) in [5.41, 5.74) is 4.46. The highest BCUT2D eigenvalue weighted by atomic mass is 16.4. The molecule has 1 aliphatic carbocycles. The molecule has 0 bridgehead atoms. The molecule has 1 N–H and O–H groups in total. The summed E-state index contributed by atoms with van der Waals surface area (Å²) in [5, 5.41) is 8.80. The lowest BCUT2D eigenvalue weighted by atomic mass is 10.1. The number of carbonyl (C=O) groups is 1. The average Bonchev–Trinajstić information content (AvgIpc) is 2.88. The van der Waals surface area contributed by atoms with Gasteiger partial charge in [-0.3, -0.25) is 14.6 Å². The number of benzene rings is 1. The molecule has 20 heavy (non-hydrogen) atoms. The second-order valence-corrected chi connectivity index (χ2v) is 5.90. The summed E-state index contributed by atoms with van der Waals surface area (Å²) in [4.78, 5) is 15.1. The molecule has 4 nitrogen and oxygen atoms in total. The van der Waals surface area contributed by atoms with Gasteiger partial charge >= 0.3 is 5.97 Å². The largest absolute Gasteiger partial charge is 0.480 e. The fourth-order valence-corrected chi connectivity index (χ4v) is 3.28. The third-order valence-corrected chi connectivity index (χ3v) is 4.39. The number of hydrogen-bond donors (Lipinski definition) is 1. The molecule has 0 aromatic heterocycles. The van der Waals surface area contributed by atoms with Crippen molar-refractivity contribution in [3.05, 3.63) is 34.9 Å². The van der Waals surface area contributed by atoms with E-state index in [2.05, 4.69) is 23.1 Å². The van der Waals surface area contributed by atoms with Crippen LogP contribution >= 0.6 is 0 Å². The van der Waals surface area contributed by atoms with Gasteiger partial charge < -0.3 is 5.11 Å². The maximum atomic E-state index is 10.7. The van der Waals surface area contributed by atoms with Crippen LogP contribution in [0, 0.1) is 0 Å². The number of aryl methyl sites for hydroxylation is 2. The lowest BCUT2D eigenvalue weighted by Gasteiger charge is -2.33. The van der Waals surface area contributed by atoms with Crippen LogP contribution in [0.5, 0.6) is 0 Å². The van der Waals surface area contributed by atoms with Crippen molar-refractivity contribution in [3.8, 4) is 0 Å². The molecule has 0 radical (unpaired) electrons. The fourth-order valence-electron chi connectivity index (χ4n) is 3.28. The second-order valence-electron chi connectivity index (χ2n) is 5.90. The minimum Gasteiger partial charge on any atom is -0.480 e. The Balaban J connectivity index is 1.53. The van der Waals surface area contributed by atoms with E-state index < -0.39 is 5.97 Å². The molecule has 0 spiro atoms. The first kappa shape index (κ1) is 13.6. The normalized spacial score (nSPS) is 20.0. The van der Waals surface area contributed by atoms with E-state index in [9.17, 15) is 4.79 Å². The van der Waals surface area contributed by atoms with E-state index in [1.807, 2.05) is 4.90 Å². The van der Waals surface area contributed by atoms with Gasteiger partial charge in [0.15, 0.2) is 0 Å². The van der Waals surface area contributed by atoms with Crippen LogP contribution in [0.1, 0.15) is 23.1 Å². The molecule has 1 saturated heterocycles. The molecule has 0 atom stereocenters. The molecule has 108 valence electrons. The molecule has 0 unspecified atom stereocenters. The third-order valence-electron chi connectivity index (χ3n) is 4.39. The first-order valence-corrected chi connectivity index (χ1v) is 7.48. The lowest BCUT2D eigenvalue weighted by Crippen LogP contribution is -2.47. The Bertz CT molecular complexity index is 493. The predicted octanol–water partition coefficient (Wildman–Crippen LogP) is 1.38. The highest BCUT2D eigenvalue weighted by molar-refractivity contribution is 5.69. The molecule has 2 aliphatic rings. The zero-order valence-electron chi connectivity index (χ0n) is 11.8. The van der Waals surface area contributed by atoms with E-state index in [0.29, 0.717) is 0 Å². The van der Waals surface area contributed by atoms with Gasteiger partial charge in [-0.05, 0) is 36.0 Å². The maximum absolute atomic E-state index is 10.7. The topological polar surface area (TPSA) is 43.8 Å². The van der Waals surface area contributed by atoms with E-state index >= 15 is 0 Å². The number of rotatable bonds is 4. The summed E-state index contributed by atoms with van der Waals surface area (Å²) < 4.78 is 0. The molecule has 3 rings (SSSR count). The zero-order valence-corrected chi connectivity index (χ0v) is 11.8. The summed E-state index contributed by atoms with van der Waals surface area (Å²) in [5.74, 6) is -0.725. The van der Waals surface area contributed by atoms with Crippen molar-refractivity contribution in [2.24, 2.45) is 0 Å². The van der Waals surface area contributed by atoms with Crippen molar-refractivity contribution in [1.82, 2.24) is 9.80 Å². The van der Waals surface area contributed by atoms with Crippen LogP contribution in [0.3, 0.4) is 0 Å². The Morgan fingerprint density at radius 3 is 2.50 bits per heavy atom. The molecule has 1 aromatic rings. The minimum atomic E-state index is -0.725. The molecule has 0 saturated carbocycles. The Morgan fingerprint density at radius 1 is 1.05 bits per heavy atom. The van der Waals surface area contributed by atoms with E-state index in [0.717, 1.165) is 32.7 Å². The van der Waals surface area contributed by atoms with Gasteiger partial charge in [0.2, 0.25) is 0 Å². The van der Waals surface area contributed by atoms with Crippen LogP contribution in [0.15, 0.2) is 18.2 Å². The third kappa shape index (κ3) is 3.19. The van der Waals surface area contributed by atoms with Crippen molar-refractivity contribution in [2.45, 2.75) is 25.8 Å². The smallest absolute Gasteiger partial charge is 0.317 e. The van der Waals surface area contributed by atoms with Crippen LogP contribution < -0.4 is 0 Å². The summed E-state index contributed by atoms with van der Waals surface area (Å²) >= 11 is 0. The predicted molar refractivity (Wildman–Crippen MR) is 77.8 cm³/mol. The Kier molecular flexibility index (Phi) is 4.03. The van der Waals surface area contributed by atoms with Crippen molar-refractivity contribution in [1.29, 1.82) is 0 Å². The van der Waals surface area contributed by atoms with E-state index in [1.165, 1.54) is 36.0 Å². The zero-order chi connectivity index (χ0) is 13.9. The Hall–Kier alpha value is -1.39. The molecule has 1 heterocycles. The quantitative estimate of drug-likeness (QED) is 0.901. The van der Waals surface area contributed by atoms with Gasteiger partial charge in [0.1, 0.15) is 0 Å². The number of piperazine rings is 1. The van der Waals surface area contributed by atoms with Gasteiger partial charge in [0, 0.05) is 32.7 Å². The summed E-state index contributed by atoms with van der Waals surface area (Å²) in [7, 11) is 0. The Labute approximate surface area is 120 Å². The van der Waals surface area contributed by atoms with Gasteiger partial charge in [0.25, 0.3) is 0 Å². The number of aliphatic carboxylic acids is 1. The fraction of sp³-hybridized carbons (Fsp3) is 0.562. The number of carboxylic acid groups (broad SMARTS) is 1. The number of fused-ring (bicyclic) bond motifs is 1. The van der Waals surface area contributed by atoms with E-state index in [-0.39, 0.29) is 6.54 Å². The molecule has 1 aromatic carbocycles. The first-order chi connectivity index (χ1) is 9.70. The summed E-state index contributed by atoms with van der Waals surface area (Å²) in [6.45, 7) is 4.81. The number of hydrogen-bond acceptors (Lipinski definition) is 3. The van der Waals surface area contributed by atoms with Crippen LogP contribution in [0.4, 0.5) is 0 Å². The number of nitrogens with zero attached hydrogens (tertiary/aromatic N) is 2. The van der Waals surface area contributed by atoms with Crippen LogP contribution in [-0.2, 0) is 24.2 Å². The molecular formula is C16H22N2O2. The SMILES string of the molecule is O=C(O)CN1CCN(Cc2ccc3c(c2)CCC3)CC1. The van der Waals surface area contributed by atoms with Gasteiger partial charge in [-0.25, -0.2) is 0 Å². The maximum Gasteiger partial charge on any atom is 0.317 e. The van der Waals surface area contributed by atoms with Crippen molar-refractivity contribution in [3.63, 3.8) is 0 Å². The summed E-state index contributed by atoms with van der Waals surface area (Å²) in [6.07, 6.45) is 3.77.